The summed E-state index contributed by atoms with van der Waals surface area (Å²) in [5, 5.41) is 6.94. The van der Waals surface area contributed by atoms with Crippen LogP contribution in [-0.4, -0.2) is 31.3 Å². The monoisotopic (exact) mass is 345 g/mol. The maximum atomic E-state index is 12.7. The van der Waals surface area contributed by atoms with Gasteiger partial charge in [0.1, 0.15) is 0 Å². The van der Waals surface area contributed by atoms with E-state index in [0.29, 0.717) is 18.0 Å². The molecule has 21 heavy (non-hydrogen) atoms. The Bertz CT molecular complexity index is 650. The van der Waals surface area contributed by atoms with E-state index in [1.165, 1.54) is 27.0 Å². The van der Waals surface area contributed by atoms with Gasteiger partial charge in [-0.2, -0.15) is 4.31 Å². The molecule has 5 nitrogen and oxygen atoms in total. The summed E-state index contributed by atoms with van der Waals surface area (Å²) in [5.41, 5.74) is 2.48. The molecule has 0 aromatic carbocycles. The molecule has 2 aromatic rings. The van der Waals surface area contributed by atoms with E-state index in [1.807, 2.05) is 10.8 Å². The van der Waals surface area contributed by atoms with Gasteiger partial charge in [0.15, 0.2) is 0 Å². The van der Waals surface area contributed by atoms with Crippen LogP contribution >= 0.6 is 22.7 Å². The summed E-state index contributed by atoms with van der Waals surface area (Å²) in [6.45, 7) is 3.85. The van der Waals surface area contributed by atoms with Crippen molar-refractivity contribution in [1.29, 1.82) is 0 Å². The molecule has 2 aromatic heterocycles. The van der Waals surface area contributed by atoms with Crippen LogP contribution in [-0.2, 0) is 23.1 Å². The van der Waals surface area contributed by atoms with Crippen molar-refractivity contribution in [3.63, 3.8) is 0 Å². The van der Waals surface area contributed by atoms with Crippen LogP contribution in [0.3, 0.4) is 0 Å². The Morgan fingerprint density at radius 2 is 2.24 bits per heavy atom. The molecule has 0 aliphatic rings. The number of aromatic nitrogens is 1. The number of nitrogens with one attached hydrogen (secondary N) is 1. The smallest absolute Gasteiger partial charge is 0.244 e. The second kappa shape index (κ2) is 7.46. The van der Waals surface area contributed by atoms with Gasteiger partial charge in [-0.15, -0.1) is 22.7 Å². The molecule has 0 amide bonds. The standard InChI is InChI=1S/C13H19N3O2S3/c1-3-5-14-7-12-13(4-6-20-12)21(17,18)16(2)8-11-9-19-10-15-11/h4,6,9-10,14H,3,5,7-8H2,1-2H3. The molecule has 2 rings (SSSR count). The molecule has 1 N–H and O–H groups in total. The largest absolute Gasteiger partial charge is 0.312 e. The Balaban J connectivity index is 2.13. The van der Waals surface area contributed by atoms with Crippen LogP contribution in [0.25, 0.3) is 0 Å². The highest BCUT2D eigenvalue weighted by molar-refractivity contribution is 7.89. The highest BCUT2D eigenvalue weighted by Crippen LogP contribution is 2.25. The summed E-state index contributed by atoms with van der Waals surface area (Å²) in [6.07, 6.45) is 1.02. The second-order valence-electron chi connectivity index (χ2n) is 4.63. The maximum Gasteiger partial charge on any atom is 0.244 e. The zero-order chi connectivity index (χ0) is 15.3. The Morgan fingerprint density at radius 3 is 2.90 bits per heavy atom. The molecule has 0 saturated carbocycles. The van der Waals surface area contributed by atoms with Crippen LogP contribution < -0.4 is 5.32 Å². The lowest BCUT2D eigenvalue weighted by molar-refractivity contribution is 0.462. The highest BCUT2D eigenvalue weighted by atomic mass is 32.2. The Morgan fingerprint density at radius 1 is 1.43 bits per heavy atom. The van der Waals surface area contributed by atoms with E-state index in [-0.39, 0.29) is 0 Å². The minimum Gasteiger partial charge on any atom is -0.312 e. The van der Waals surface area contributed by atoms with Crippen LogP contribution in [0.15, 0.2) is 27.2 Å². The van der Waals surface area contributed by atoms with Gasteiger partial charge >= 0.3 is 0 Å². The van der Waals surface area contributed by atoms with Gasteiger partial charge in [0.05, 0.1) is 22.6 Å². The average molecular weight is 346 g/mol. The van der Waals surface area contributed by atoms with Gasteiger partial charge in [0.2, 0.25) is 10.0 Å². The molecule has 8 heteroatoms. The normalized spacial score (nSPS) is 12.1. The maximum absolute atomic E-state index is 12.7. The van der Waals surface area contributed by atoms with Crippen molar-refractivity contribution in [2.75, 3.05) is 13.6 Å². The summed E-state index contributed by atoms with van der Waals surface area (Å²) in [4.78, 5) is 5.39. The fraction of sp³-hybridized carbons (Fsp3) is 0.462. The number of rotatable bonds is 8. The van der Waals surface area contributed by atoms with Gasteiger partial charge in [-0.3, -0.25) is 0 Å². The summed E-state index contributed by atoms with van der Waals surface area (Å²) in [6, 6.07) is 1.68. The van der Waals surface area contributed by atoms with Crippen LogP contribution in [0.2, 0.25) is 0 Å². The fourth-order valence-corrected chi connectivity index (χ4v) is 4.93. The lowest BCUT2D eigenvalue weighted by atomic mass is 10.4. The molecular formula is C13H19N3O2S3. The lowest BCUT2D eigenvalue weighted by Crippen LogP contribution is -2.27. The summed E-state index contributed by atoms with van der Waals surface area (Å²) >= 11 is 2.94. The third-order valence-electron chi connectivity index (χ3n) is 2.97. The Labute approximate surface area is 133 Å². The molecule has 2 heterocycles. The Hall–Kier alpha value is -0.800. The number of hydrogen-bond donors (Lipinski definition) is 1. The SMILES string of the molecule is CCCNCc1sccc1S(=O)(=O)N(C)Cc1cscn1. The van der Waals surface area contributed by atoms with Crippen molar-refractivity contribution in [3.05, 3.63) is 32.9 Å². The van der Waals surface area contributed by atoms with E-state index in [9.17, 15) is 8.42 Å². The van der Waals surface area contributed by atoms with Crippen LogP contribution in [0.1, 0.15) is 23.9 Å². The van der Waals surface area contributed by atoms with Crippen LogP contribution in [0.4, 0.5) is 0 Å². The van der Waals surface area contributed by atoms with Gasteiger partial charge in [0, 0.05) is 23.8 Å². The molecule has 0 atom stereocenters. The number of thiazole rings is 1. The van der Waals surface area contributed by atoms with Gasteiger partial charge < -0.3 is 5.32 Å². The molecule has 0 fully saturated rings. The van der Waals surface area contributed by atoms with Gasteiger partial charge in [-0.1, -0.05) is 6.92 Å². The number of nitrogens with zero attached hydrogens (tertiary/aromatic N) is 2. The van der Waals surface area contributed by atoms with E-state index < -0.39 is 10.0 Å². The molecule has 0 unspecified atom stereocenters. The lowest BCUT2D eigenvalue weighted by Gasteiger charge is -2.16. The number of sulfonamides is 1. The molecule has 116 valence electrons. The van der Waals surface area contributed by atoms with E-state index in [1.54, 1.807) is 18.6 Å². The van der Waals surface area contributed by atoms with Crippen molar-refractivity contribution in [1.82, 2.24) is 14.6 Å². The summed E-state index contributed by atoms with van der Waals surface area (Å²) < 4.78 is 26.7. The second-order valence-corrected chi connectivity index (χ2v) is 8.36. The van der Waals surface area contributed by atoms with Crippen molar-refractivity contribution in [2.24, 2.45) is 0 Å². The highest BCUT2D eigenvalue weighted by Gasteiger charge is 2.25. The average Bonchev–Trinajstić information content (AvgIpc) is 3.10. The van der Waals surface area contributed by atoms with E-state index >= 15 is 0 Å². The van der Waals surface area contributed by atoms with Crippen molar-refractivity contribution in [2.45, 2.75) is 31.3 Å². The molecule has 0 spiro atoms. The molecule has 0 bridgehead atoms. The van der Waals surface area contributed by atoms with Crippen molar-refractivity contribution >= 4 is 32.7 Å². The predicted octanol–water partition coefficient (Wildman–Crippen LogP) is 2.52. The van der Waals surface area contributed by atoms with Crippen molar-refractivity contribution < 1.29 is 8.42 Å². The minimum absolute atomic E-state index is 0.295. The van der Waals surface area contributed by atoms with Crippen LogP contribution in [0.5, 0.6) is 0 Å². The van der Waals surface area contributed by atoms with Gasteiger partial charge in [-0.05, 0) is 24.4 Å². The van der Waals surface area contributed by atoms with Crippen molar-refractivity contribution in [3.8, 4) is 0 Å². The molecule has 0 saturated heterocycles. The molecule has 0 aliphatic heterocycles. The minimum atomic E-state index is -3.47. The molecular weight excluding hydrogens is 326 g/mol. The van der Waals surface area contributed by atoms with Gasteiger partial charge in [0.25, 0.3) is 0 Å². The molecule has 0 radical (unpaired) electrons. The first-order valence-corrected chi connectivity index (χ1v) is 9.92. The van der Waals surface area contributed by atoms with Gasteiger partial charge in [-0.25, -0.2) is 13.4 Å². The van der Waals surface area contributed by atoms with E-state index in [2.05, 4.69) is 17.2 Å². The topological polar surface area (TPSA) is 62.3 Å². The number of hydrogen-bond acceptors (Lipinski definition) is 6. The van der Waals surface area contributed by atoms with Crippen LogP contribution in [0, 0.1) is 0 Å². The summed E-state index contributed by atoms with van der Waals surface area (Å²) in [5.74, 6) is 0. The number of thiophene rings is 1. The fourth-order valence-electron chi connectivity index (χ4n) is 1.86. The summed E-state index contributed by atoms with van der Waals surface area (Å²) in [7, 11) is -1.88. The third-order valence-corrected chi connectivity index (χ3v) is 6.55. The zero-order valence-electron chi connectivity index (χ0n) is 12.1. The first kappa shape index (κ1) is 16.6. The first-order valence-electron chi connectivity index (χ1n) is 6.66. The van der Waals surface area contributed by atoms with E-state index in [4.69, 9.17) is 0 Å². The third kappa shape index (κ3) is 4.10. The Kier molecular flexibility index (Phi) is 5.88. The molecule has 0 aliphatic carbocycles. The van der Waals surface area contributed by atoms with E-state index in [0.717, 1.165) is 23.5 Å². The zero-order valence-corrected chi connectivity index (χ0v) is 14.5. The predicted molar refractivity (Wildman–Crippen MR) is 87.1 cm³/mol. The quantitative estimate of drug-likeness (QED) is 0.747. The first-order chi connectivity index (χ1) is 10.1.